The van der Waals surface area contributed by atoms with Gasteiger partial charge in [-0.25, -0.2) is 0 Å². The summed E-state index contributed by atoms with van der Waals surface area (Å²) >= 11 is 0. The molecule has 4 N–H and O–H groups in total. The fourth-order valence-electron chi connectivity index (χ4n) is 14.6. The van der Waals surface area contributed by atoms with Crippen molar-refractivity contribution in [2.24, 2.45) is 50.7 Å². The third-order valence-corrected chi connectivity index (χ3v) is 16.8. The minimum Gasteiger partial charge on any atom is -0.462 e. The van der Waals surface area contributed by atoms with Crippen molar-refractivity contribution in [1.29, 1.82) is 0 Å². The number of aliphatic hydroxyl groups is 4. The minimum absolute atomic E-state index is 0.0420. The van der Waals surface area contributed by atoms with Crippen LogP contribution in [0.1, 0.15) is 99.8 Å². The predicted molar refractivity (Wildman–Crippen MR) is 168 cm³/mol. The van der Waals surface area contributed by atoms with Gasteiger partial charge in [0.05, 0.1) is 18.8 Å². The van der Waals surface area contributed by atoms with Gasteiger partial charge in [-0.05, 0) is 97.2 Å². The Morgan fingerprint density at radius 2 is 1.56 bits per heavy atom. The Morgan fingerprint density at radius 3 is 2.23 bits per heavy atom. The molecule has 9 aliphatic rings. The van der Waals surface area contributed by atoms with Crippen LogP contribution in [0.15, 0.2) is 0 Å². The molecule has 5 saturated carbocycles. The standard InChI is InChI=1S/C37H56O11/c1-17-12-37(29-34(7,47-29)30(42)48-37)46-20-13-32(5)22-9-8-21-31(3,4)23(45-28-27(41)26(40)19(39)15-43-28)10-11-35(21)16-36(22,35)14-24(44-18(2)38)33(32,6)25(17)20/h17,19-30,39-42H,8-16H2,1-7H3/t17-,19-,20?,21+,22+,23+,24-,25+,26-,27?,28+,29?,30?,32+,33-,34?,35-,36+,37?/m1/s1. The normalized spacial score (nSPS) is 63.3. The lowest BCUT2D eigenvalue weighted by Gasteiger charge is -2.65. The maximum atomic E-state index is 12.9. The molecule has 11 nitrogen and oxygen atoms in total. The largest absolute Gasteiger partial charge is 0.462 e. The van der Waals surface area contributed by atoms with Gasteiger partial charge in [0.25, 0.3) is 0 Å². The molecule has 5 aliphatic carbocycles. The third kappa shape index (κ3) is 3.74. The Bertz CT molecular complexity index is 1390. The zero-order chi connectivity index (χ0) is 34.2. The molecule has 4 aliphatic heterocycles. The lowest BCUT2D eigenvalue weighted by atomic mass is 9.41. The molecular weight excluding hydrogens is 620 g/mol. The Hall–Kier alpha value is -0.890. The highest BCUT2D eigenvalue weighted by Crippen LogP contribution is 2.89. The van der Waals surface area contributed by atoms with Gasteiger partial charge >= 0.3 is 5.97 Å². The van der Waals surface area contributed by atoms with E-state index in [2.05, 4.69) is 34.6 Å². The number of ether oxygens (including phenoxy) is 6. The van der Waals surface area contributed by atoms with Crippen LogP contribution in [0.4, 0.5) is 0 Å². The van der Waals surface area contributed by atoms with Gasteiger partial charge in [-0.15, -0.1) is 0 Å². The van der Waals surface area contributed by atoms with Crippen LogP contribution in [0.2, 0.25) is 0 Å². The zero-order valence-corrected chi connectivity index (χ0v) is 29.5. The molecule has 0 aromatic rings. The van der Waals surface area contributed by atoms with Crippen molar-refractivity contribution < 1.29 is 53.6 Å². The second-order valence-corrected chi connectivity index (χ2v) is 18.9. The molecule has 9 rings (SSSR count). The molecule has 3 spiro atoms. The number of epoxide rings is 1. The Balaban J connectivity index is 1.03. The molecule has 4 saturated heterocycles. The first-order valence-electron chi connectivity index (χ1n) is 18.6. The van der Waals surface area contributed by atoms with Crippen molar-refractivity contribution in [1.82, 2.24) is 0 Å². The lowest BCUT2D eigenvalue weighted by Crippen LogP contribution is -2.64. The summed E-state index contributed by atoms with van der Waals surface area (Å²) in [6.45, 7) is 15.1. The van der Waals surface area contributed by atoms with Gasteiger partial charge in [-0.2, -0.15) is 0 Å². The molecule has 0 amide bonds. The Kier molecular flexibility index (Phi) is 6.70. The molecule has 4 heterocycles. The highest BCUT2D eigenvalue weighted by atomic mass is 16.8. The van der Waals surface area contributed by atoms with Gasteiger partial charge in [0.1, 0.15) is 36.1 Å². The number of hydrogen-bond acceptors (Lipinski definition) is 11. The summed E-state index contributed by atoms with van der Waals surface area (Å²) in [5.74, 6) is 0.0295. The van der Waals surface area contributed by atoms with Crippen molar-refractivity contribution in [2.75, 3.05) is 6.61 Å². The van der Waals surface area contributed by atoms with E-state index in [1.54, 1.807) is 6.92 Å². The van der Waals surface area contributed by atoms with E-state index in [-0.39, 0.29) is 75.9 Å². The summed E-state index contributed by atoms with van der Waals surface area (Å²) in [6.07, 6.45) is 0.880. The molecule has 19 atom stereocenters. The fourth-order valence-corrected chi connectivity index (χ4v) is 14.6. The highest BCUT2D eigenvalue weighted by molar-refractivity contribution is 5.66. The average Bonchev–Trinajstić information content (AvgIpc) is 3.84. The predicted octanol–water partition coefficient (Wildman–Crippen LogP) is 3.03. The average molecular weight is 677 g/mol. The first-order chi connectivity index (χ1) is 22.4. The zero-order valence-electron chi connectivity index (χ0n) is 29.5. The van der Waals surface area contributed by atoms with Gasteiger partial charge in [-0.3, -0.25) is 4.79 Å². The highest BCUT2D eigenvalue weighted by Gasteiger charge is 2.87. The molecule has 0 radical (unpaired) electrons. The minimum atomic E-state index is -1.31. The topological polar surface area (TPSA) is 157 Å². The smallest absolute Gasteiger partial charge is 0.302 e. The molecule has 6 unspecified atom stereocenters. The molecule has 0 bridgehead atoms. The van der Waals surface area contributed by atoms with Crippen LogP contribution in [-0.2, 0) is 33.2 Å². The van der Waals surface area contributed by atoms with Crippen molar-refractivity contribution in [3.8, 4) is 0 Å². The molecule has 0 aromatic heterocycles. The summed E-state index contributed by atoms with van der Waals surface area (Å²) in [4.78, 5) is 12.9. The SMILES string of the molecule is CC(=O)O[C@@H]1C[C@@]23C[C@@]24CC[C@H](O[C@@H]2OC[C@@H](O)[C@@H](O)C2O)C(C)(C)[C@@H]4CC[C@H]3[C@]2(C)CC3OC4(C[C@@H](C)[C@@H]3[C@@]12C)OC(O)C1(C)OC41. The van der Waals surface area contributed by atoms with Crippen molar-refractivity contribution in [3.63, 3.8) is 0 Å². The van der Waals surface area contributed by atoms with E-state index in [9.17, 15) is 25.2 Å². The van der Waals surface area contributed by atoms with E-state index in [0.717, 1.165) is 44.9 Å². The number of fused-ring (bicyclic) bond motifs is 6. The van der Waals surface area contributed by atoms with Gasteiger partial charge < -0.3 is 48.8 Å². The number of rotatable bonds is 3. The van der Waals surface area contributed by atoms with Crippen molar-refractivity contribution >= 4 is 5.97 Å². The van der Waals surface area contributed by atoms with Gasteiger partial charge in [-0.1, -0.05) is 34.6 Å². The van der Waals surface area contributed by atoms with Gasteiger partial charge in [0, 0.05) is 18.8 Å². The van der Waals surface area contributed by atoms with E-state index in [1.165, 1.54) is 0 Å². The maximum absolute atomic E-state index is 12.9. The van der Waals surface area contributed by atoms with E-state index in [4.69, 9.17) is 28.4 Å². The monoisotopic (exact) mass is 676 g/mol. The summed E-state index contributed by atoms with van der Waals surface area (Å²) in [6, 6.07) is 0. The first-order valence-corrected chi connectivity index (χ1v) is 18.6. The number of carbonyl (C=O) groups is 1. The van der Waals surface area contributed by atoms with E-state index < -0.39 is 42.3 Å². The summed E-state index contributed by atoms with van der Waals surface area (Å²) in [5.41, 5.74) is -1.23. The van der Waals surface area contributed by atoms with Gasteiger partial charge in [0.15, 0.2) is 12.6 Å². The van der Waals surface area contributed by atoms with Crippen LogP contribution in [0.5, 0.6) is 0 Å². The molecule has 48 heavy (non-hydrogen) atoms. The van der Waals surface area contributed by atoms with Crippen LogP contribution in [0, 0.1) is 50.7 Å². The van der Waals surface area contributed by atoms with Gasteiger partial charge in [0.2, 0.25) is 5.79 Å². The molecular formula is C37H56O11. The molecule has 11 heteroatoms. The maximum Gasteiger partial charge on any atom is 0.302 e. The van der Waals surface area contributed by atoms with Crippen molar-refractivity contribution in [2.45, 2.75) is 167 Å². The van der Waals surface area contributed by atoms with Crippen molar-refractivity contribution in [3.05, 3.63) is 0 Å². The molecule has 270 valence electrons. The number of carbonyl (C=O) groups excluding carboxylic acids is 1. The van der Waals surface area contributed by atoms with Crippen LogP contribution >= 0.6 is 0 Å². The fraction of sp³-hybridized carbons (Fsp3) is 0.973. The van der Waals surface area contributed by atoms with E-state index >= 15 is 0 Å². The summed E-state index contributed by atoms with van der Waals surface area (Å²) in [5, 5.41) is 41.7. The second kappa shape index (κ2) is 9.75. The van der Waals surface area contributed by atoms with Crippen LogP contribution < -0.4 is 0 Å². The number of aliphatic hydroxyl groups excluding tert-OH is 4. The second-order valence-electron chi connectivity index (χ2n) is 18.9. The molecule has 0 aromatic carbocycles. The van der Waals surface area contributed by atoms with Crippen LogP contribution in [0.3, 0.4) is 0 Å². The quantitative estimate of drug-likeness (QED) is 0.198. The van der Waals surface area contributed by atoms with E-state index in [1.807, 2.05) is 6.92 Å². The van der Waals surface area contributed by atoms with Crippen LogP contribution in [0.25, 0.3) is 0 Å². The summed E-state index contributed by atoms with van der Waals surface area (Å²) < 4.78 is 37.9. The lowest BCUT2D eigenvalue weighted by molar-refractivity contribution is -0.346. The van der Waals surface area contributed by atoms with E-state index in [0.29, 0.717) is 18.3 Å². The number of hydrogen-bond donors (Lipinski definition) is 4. The number of esters is 1. The Labute approximate surface area is 283 Å². The summed E-state index contributed by atoms with van der Waals surface area (Å²) in [7, 11) is 0. The third-order valence-electron chi connectivity index (χ3n) is 16.8. The molecule has 9 fully saturated rings. The van der Waals surface area contributed by atoms with Crippen LogP contribution in [-0.4, -0.2) is 99.7 Å². The Morgan fingerprint density at radius 1 is 0.833 bits per heavy atom. The first kappa shape index (κ1) is 33.0.